The number of rotatable bonds is 8. The molecule has 3 rings (SSSR count). The summed E-state index contributed by atoms with van der Waals surface area (Å²) in [5.41, 5.74) is -0.896. The van der Waals surface area contributed by atoms with Crippen LogP contribution < -0.4 is 5.32 Å². The number of hydrogen-bond donors (Lipinski definition) is 1. The van der Waals surface area contributed by atoms with Gasteiger partial charge in [0.25, 0.3) is 0 Å². The Bertz CT molecular complexity index is 835. The molecular weight excluding hydrogens is 362 g/mol. The van der Waals surface area contributed by atoms with E-state index < -0.39 is 10.8 Å². The minimum Gasteiger partial charge on any atom is -0.467 e. The van der Waals surface area contributed by atoms with Crippen LogP contribution in [-0.4, -0.2) is 31.5 Å². The smallest absolute Gasteiger partial charge is 0.234 e. The SMILES string of the molecule is CC(Sc1nnc(C2CC2)n1Cc1ccco1)C(=O)NC(C)(C#N)C(C)C. The fourth-order valence-electron chi connectivity index (χ4n) is 2.61. The Balaban J connectivity index is 1.75. The summed E-state index contributed by atoms with van der Waals surface area (Å²) in [5.74, 6) is 2.04. The maximum atomic E-state index is 12.6. The Morgan fingerprint density at radius 2 is 2.22 bits per heavy atom. The van der Waals surface area contributed by atoms with Gasteiger partial charge in [-0.15, -0.1) is 10.2 Å². The summed E-state index contributed by atoms with van der Waals surface area (Å²) in [5, 5.41) is 21.3. The van der Waals surface area contributed by atoms with E-state index in [4.69, 9.17) is 4.42 Å². The Morgan fingerprint density at radius 1 is 1.48 bits per heavy atom. The molecule has 2 aromatic heterocycles. The second kappa shape index (κ2) is 7.77. The minimum atomic E-state index is -0.896. The van der Waals surface area contributed by atoms with Crippen LogP contribution in [0.25, 0.3) is 0 Å². The molecule has 0 radical (unpaired) electrons. The third kappa shape index (κ3) is 4.35. The summed E-state index contributed by atoms with van der Waals surface area (Å²) >= 11 is 1.36. The molecular formula is C19H25N5O2S. The molecule has 144 valence electrons. The lowest BCUT2D eigenvalue weighted by atomic mass is 9.90. The Labute approximate surface area is 163 Å². The zero-order valence-corrected chi connectivity index (χ0v) is 16.9. The van der Waals surface area contributed by atoms with E-state index >= 15 is 0 Å². The maximum absolute atomic E-state index is 12.6. The average molecular weight is 388 g/mol. The van der Waals surface area contributed by atoms with Gasteiger partial charge in [-0.1, -0.05) is 25.6 Å². The number of carbonyl (C=O) groups is 1. The molecule has 8 heteroatoms. The Hall–Kier alpha value is -2.27. The van der Waals surface area contributed by atoms with Crippen molar-refractivity contribution >= 4 is 17.7 Å². The van der Waals surface area contributed by atoms with E-state index in [0.717, 1.165) is 24.4 Å². The van der Waals surface area contributed by atoms with Gasteiger partial charge in [-0.25, -0.2) is 0 Å². The molecule has 0 bridgehead atoms. The summed E-state index contributed by atoms with van der Waals surface area (Å²) < 4.78 is 7.51. The average Bonchev–Trinajstić information content (AvgIpc) is 3.21. The number of nitrogens with zero attached hydrogens (tertiary/aromatic N) is 4. The van der Waals surface area contributed by atoms with Crippen LogP contribution in [0.4, 0.5) is 0 Å². The number of hydrogen-bond acceptors (Lipinski definition) is 6. The van der Waals surface area contributed by atoms with Crippen molar-refractivity contribution in [1.29, 1.82) is 5.26 Å². The van der Waals surface area contributed by atoms with Crippen LogP contribution in [0.5, 0.6) is 0 Å². The van der Waals surface area contributed by atoms with Gasteiger partial charge in [-0.3, -0.25) is 9.36 Å². The van der Waals surface area contributed by atoms with E-state index in [9.17, 15) is 10.1 Å². The second-order valence-electron chi connectivity index (χ2n) is 7.50. The van der Waals surface area contributed by atoms with Crippen molar-refractivity contribution in [3.63, 3.8) is 0 Å². The van der Waals surface area contributed by atoms with Gasteiger partial charge in [-0.2, -0.15) is 5.26 Å². The van der Waals surface area contributed by atoms with Gasteiger partial charge in [-0.05, 0) is 44.7 Å². The lowest BCUT2D eigenvalue weighted by molar-refractivity contribution is -0.121. The first kappa shape index (κ1) is 19.5. The number of thioether (sulfide) groups is 1. The van der Waals surface area contributed by atoms with Crippen molar-refractivity contribution < 1.29 is 9.21 Å². The van der Waals surface area contributed by atoms with E-state index in [1.807, 2.05) is 37.5 Å². The summed E-state index contributed by atoms with van der Waals surface area (Å²) in [6, 6.07) is 5.98. The molecule has 1 aliphatic carbocycles. The molecule has 1 aliphatic rings. The molecule has 1 amide bonds. The van der Waals surface area contributed by atoms with E-state index in [1.165, 1.54) is 11.8 Å². The number of nitriles is 1. The molecule has 7 nitrogen and oxygen atoms in total. The first-order valence-electron chi connectivity index (χ1n) is 9.19. The van der Waals surface area contributed by atoms with E-state index in [2.05, 4.69) is 21.6 Å². The molecule has 2 heterocycles. The van der Waals surface area contributed by atoms with Crippen LogP contribution in [0, 0.1) is 17.2 Å². The summed E-state index contributed by atoms with van der Waals surface area (Å²) in [7, 11) is 0. The lowest BCUT2D eigenvalue weighted by Crippen LogP contribution is -2.51. The van der Waals surface area contributed by atoms with Crippen molar-refractivity contribution in [3.8, 4) is 6.07 Å². The predicted molar refractivity (Wildman–Crippen MR) is 102 cm³/mol. The third-order valence-corrected chi connectivity index (χ3v) is 6.08. The Kier molecular flexibility index (Phi) is 5.61. The fourth-order valence-corrected chi connectivity index (χ4v) is 3.46. The van der Waals surface area contributed by atoms with Gasteiger partial charge in [0, 0.05) is 5.92 Å². The zero-order chi connectivity index (χ0) is 19.6. The van der Waals surface area contributed by atoms with Crippen molar-refractivity contribution in [2.45, 2.75) is 68.9 Å². The molecule has 2 atom stereocenters. The van der Waals surface area contributed by atoms with Crippen molar-refractivity contribution in [3.05, 3.63) is 30.0 Å². The molecule has 2 aromatic rings. The maximum Gasteiger partial charge on any atom is 0.234 e. The first-order valence-corrected chi connectivity index (χ1v) is 10.1. The van der Waals surface area contributed by atoms with Crippen molar-refractivity contribution in [2.75, 3.05) is 0 Å². The summed E-state index contributed by atoms with van der Waals surface area (Å²) in [6.45, 7) is 7.95. The number of nitrogens with one attached hydrogen (secondary N) is 1. The van der Waals surface area contributed by atoms with Gasteiger partial charge in [0.05, 0.1) is 24.1 Å². The van der Waals surface area contributed by atoms with Crippen LogP contribution in [0.15, 0.2) is 28.0 Å². The molecule has 1 saturated carbocycles. The van der Waals surface area contributed by atoms with E-state index in [-0.39, 0.29) is 11.8 Å². The van der Waals surface area contributed by atoms with Crippen LogP contribution >= 0.6 is 11.8 Å². The normalized spacial score (nSPS) is 17.3. The highest BCUT2D eigenvalue weighted by molar-refractivity contribution is 8.00. The molecule has 2 unspecified atom stereocenters. The van der Waals surface area contributed by atoms with Crippen molar-refractivity contribution in [1.82, 2.24) is 20.1 Å². The number of carbonyl (C=O) groups excluding carboxylic acids is 1. The molecule has 0 aromatic carbocycles. The van der Waals surface area contributed by atoms with Crippen molar-refractivity contribution in [2.24, 2.45) is 5.92 Å². The molecule has 0 spiro atoms. The summed E-state index contributed by atoms with van der Waals surface area (Å²) in [4.78, 5) is 12.6. The topological polar surface area (TPSA) is 96.7 Å². The summed E-state index contributed by atoms with van der Waals surface area (Å²) in [6.07, 6.45) is 3.88. The highest BCUT2D eigenvalue weighted by Crippen LogP contribution is 2.40. The zero-order valence-electron chi connectivity index (χ0n) is 16.1. The lowest BCUT2D eigenvalue weighted by Gasteiger charge is -2.28. The highest BCUT2D eigenvalue weighted by Gasteiger charge is 2.34. The molecule has 1 N–H and O–H groups in total. The first-order chi connectivity index (χ1) is 12.8. The molecule has 1 fully saturated rings. The van der Waals surface area contributed by atoms with Crippen LogP contribution in [0.3, 0.4) is 0 Å². The fraction of sp³-hybridized carbons (Fsp3) is 0.579. The highest BCUT2D eigenvalue weighted by atomic mass is 32.2. The van der Waals surface area contributed by atoms with Gasteiger partial charge < -0.3 is 9.73 Å². The molecule has 0 saturated heterocycles. The number of aromatic nitrogens is 3. The largest absolute Gasteiger partial charge is 0.467 e. The quantitative estimate of drug-likeness (QED) is 0.698. The second-order valence-corrected chi connectivity index (χ2v) is 8.81. The minimum absolute atomic E-state index is 0.00715. The van der Waals surface area contributed by atoms with Crippen LogP contribution in [0.2, 0.25) is 0 Å². The monoisotopic (exact) mass is 387 g/mol. The standard InChI is InChI=1S/C19H25N5O2S/c1-12(2)19(4,11-20)21-17(25)13(3)27-18-23-22-16(14-7-8-14)24(18)10-15-6-5-9-26-15/h5-6,9,12-14H,7-8,10H2,1-4H3,(H,21,25). The van der Waals surface area contributed by atoms with E-state index in [0.29, 0.717) is 17.6 Å². The van der Waals surface area contributed by atoms with Gasteiger partial charge in [0.1, 0.15) is 17.1 Å². The van der Waals surface area contributed by atoms with Crippen LogP contribution in [0.1, 0.15) is 58.0 Å². The Morgan fingerprint density at radius 3 is 2.78 bits per heavy atom. The van der Waals surface area contributed by atoms with E-state index in [1.54, 1.807) is 13.2 Å². The van der Waals surface area contributed by atoms with Gasteiger partial charge in [0.2, 0.25) is 5.91 Å². The third-order valence-electron chi connectivity index (χ3n) is 5.00. The predicted octanol–water partition coefficient (Wildman–Crippen LogP) is 3.33. The number of furan rings is 1. The number of amides is 1. The van der Waals surface area contributed by atoms with Gasteiger partial charge >= 0.3 is 0 Å². The molecule has 27 heavy (non-hydrogen) atoms. The molecule has 0 aliphatic heterocycles. The van der Waals surface area contributed by atoms with Gasteiger partial charge in [0.15, 0.2) is 5.16 Å². The van der Waals surface area contributed by atoms with Crippen LogP contribution in [-0.2, 0) is 11.3 Å².